The Hall–Kier alpha value is -2.63. The second kappa shape index (κ2) is 8.59. The zero-order chi connectivity index (χ0) is 19.3. The van der Waals surface area contributed by atoms with E-state index in [1.54, 1.807) is 13.4 Å². The Morgan fingerprint density at radius 2 is 1.86 bits per heavy atom. The maximum absolute atomic E-state index is 12.9. The Labute approximate surface area is 164 Å². The monoisotopic (exact) mass is 379 g/mol. The molecule has 146 valence electrons. The molecule has 3 aromatic rings. The van der Waals surface area contributed by atoms with E-state index in [-0.39, 0.29) is 11.5 Å². The molecule has 0 aliphatic carbocycles. The molecule has 1 aromatic heterocycles. The second-order valence-corrected chi connectivity index (χ2v) is 7.20. The Morgan fingerprint density at radius 3 is 2.68 bits per heavy atom. The van der Waals surface area contributed by atoms with E-state index in [1.807, 2.05) is 42.5 Å². The first-order valence-corrected chi connectivity index (χ1v) is 9.70. The lowest BCUT2D eigenvalue weighted by molar-refractivity contribution is 0.0673. The van der Waals surface area contributed by atoms with Crippen LogP contribution in [0.15, 0.2) is 64.0 Å². The summed E-state index contributed by atoms with van der Waals surface area (Å²) in [6.07, 6.45) is 3.93. The molecule has 1 aliphatic rings. The van der Waals surface area contributed by atoms with Crippen LogP contribution in [0.1, 0.15) is 24.0 Å². The van der Waals surface area contributed by atoms with Crippen LogP contribution in [0.4, 0.5) is 0 Å². The van der Waals surface area contributed by atoms with Gasteiger partial charge in [0.25, 0.3) is 0 Å². The summed E-state index contributed by atoms with van der Waals surface area (Å²) >= 11 is 0. The smallest absolute Gasteiger partial charge is 0.197 e. The number of benzene rings is 2. The zero-order valence-corrected chi connectivity index (χ0v) is 16.1. The first kappa shape index (κ1) is 18.7. The van der Waals surface area contributed by atoms with Gasteiger partial charge in [0.1, 0.15) is 11.3 Å². The third-order valence-corrected chi connectivity index (χ3v) is 5.22. The van der Waals surface area contributed by atoms with E-state index in [0.29, 0.717) is 29.6 Å². The number of hydrogen-bond donors (Lipinski definition) is 0. The lowest BCUT2D eigenvalue weighted by atomic mass is 10.1. The van der Waals surface area contributed by atoms with E-state index in [4.69, 9.17) is 13.9 Å². The predicted molar refractivity (Wildman–Crippen MR) is 109 cm³/mol. The quantitative estimate of drug-likeness (QED) is 0.621. The van der Waals surface area contributed by atoms with Gasteiger partial charge in [0.2, 0.25) is 0 Å². The van der Waals surface area contributed by atoms with Crippen molar-refractivity contribution in [2.45, 2.75) is 32.0 Å². The number of methoxy groups -OCH3 is 1. The van der Waals surface area contributed by atoms with Crippen molar-refractivity contribution in [2.75, 3.05) is 20.3 Å². The number of nitrogens with zero attached hydrogens (tertiary/aromatic N) is 1. The normalized spacial score (nSPS) is 16.7. The van der Waals surface area contributed by atoms with E-state index < -0.39 is 0 Å². The molecule has 0 saturated carbocycles. The van der Waals surface area contributed by atoms with Crippen molar-refractivity contribution in [2.24, 2.45) is 0 Å². The highest BCUT2D eigenvalue weighted by Gasteiger charge is 2.21. The summed E-state index contributed by atoms with van der Waals surface area (Å²) < 4.78 is 17.1. The summed E-state index contributed by atoms with van der Waals surface area (Å²) in [4.78, 5) is 15.2. The van der Waals surface area contributed by atoms with Crippen LogP contribution < -0.4 is 10.2 Å². The molecule has 2 aromatic carbocycles. The molecule has 0 spiro atoms. The highest BCUT2D eigenvalue weighted by molar-refractivity contribution is 5.76. The summed E-state index contributed by atoms with van der Waals surface area (Å²) in [5, 5.41) is 0.620. The number of hydrogen-bond acceptors (Lipinski definition) is 5. The number of ether oxygens (including phenoxy) is 2. The summed E-state index contributed by atoms with van der Waals surface area (Å²) in [5.74, 6) is 0.852. The molecule has 0 amide bonds. The minimum Gasteiger partial charge on any atom is -0.496 e. The molecule has 0 bridgehead atoms. The summed E-state index contributed by atoms with van der Waals surface area (Å²) in [6.45, 7) is 2.76. The van der Waals surface area contributed by atoms with Crippen molar-refractivity contribution < 1.29 is 13.9 Å². The third-order valence-electron chi connectivity index (χ3n) is 5.22. The lowest BCUT2D eigenvalue weighted by Gasteiger charge is -2.25. The van der Waals surface area contributed by atoms with E-state index in [0.717, 1.165) is 37.3 Å². The molecular formula is C23H25NO4. The fourth-order valence-electron chi connectivity index (χ4n) is 3.80. The molecule has 5 heteroatoms. The van der Waals surface area contributed by atoms with Crippen LogP contribution >= 0.6 is 0 Å². The van der Waals surface area contributed by atoms with Crippen molar-refractivity contribution in [3.8, 4) is 5.75 Å². The topological polar surface area (TPSA) is 51.9 Å². The summed E-state index contributed by atoms with van der Waals surface area (Å²) in [5.41, 5.74) is 2.39. The van der Waals surface area contributed by atoms with E-state index in [1.165, 1.54) is 0 Å². The fraction of sp³-hybridized carbons (Fsp3) is 0.348. The molecule has 1 fully saturated rings. The zero-order valence-electron chi connectivity index (χ0n) is 16.1. The SMILES string of the molecule is COc1ccccc1CN(Cc1coc2ccccc2c1=O)CC1CCCO1. The predicted octanol–water partition coefficient (Wildman–Crippen LogP) is 3.98. The van der Waals surface area contributed by atoms with Crippen molar-refractivity contribution in [1.29, 1.82) is 0 Å². The largest absolute Gasteiger partial charge is 0.496 e. The van der Waals surface area contributed by atoms with Crippen LogP contribution in [0.3, 0.4) is 0 Å². The molecular weight excluding hydrogens is 354 g/mol. The van der Waals surface area contributed by atoms with Gasteiger partial charge in [-0.05, 0) is 31.0 Å². The fourth-order valence-corrected chi connectivity index (χ4v) is 3.80. The molecule has 4 rings (SSSR count). The maximum atomic E-state index is 12.9. The van der Waals surface area contributed by atoms with Gasteiger partial charge in [0.15, 0.2) is 5.43 Å². The standard InChI is InChI=1S/C23H25NO4/c1-26-21-10-4-2-7-17(21)13-24(15-19-8-6-12-27-19)14-18-16-28-22-11-5-3-9-20(22)23(18)25/h2-5,7,9-11,16,19H,6,8,12-15H2,1H3. The molecule has 1 aliphatic heterocycles. The van der Waals surface area contributed by atoms with Gasteiger partial charge < -0.3 is 13.9 Å². The van der Waals surface area contributed by atoms with Gasteiger partial charge in [0.05, 0.1) is 24.9 Å². The van der Waals surface area contributed by atoms with Crippen LogP contribution in [-0.2, 0) is 17.8 Å². The molecule has 0 radical (unpaired) electrons. The maximum Gasteiger partial charge on any atom is 0.197 e. The molecule has 1 unspecified atom stereocenters. The highest BCUT2D eigenvalue weighted by Crippen LogP contribution is 2.22. The van der Waals surface area contributed by atoms with Gasteiger partial charge >= 0.3 is 0 Å². The van der Waals surface area contributed by atoms with Crippen molar-refractivity contribution in [3.05, 3.63) is 76.1 Å². The minimum atomic E-state index is 0.0271. The Bertz CT molecular complexity index is 991. The van der Waals surface area contributed by atoms with Crippen LogP contribution in [0.5, 0.6) is 5.75 Å². The first-order chi connectivity index (χ1) is 13.7. The second-order valence-electron chi connectivity index (χ2n) is 7.20. The van der Waals surface area contributed by atoms with Gasteiger partial charge in [-0.2, -0.15) is 0 Å². The van der Waals surface area contributed by atoms with Crippen molar-refractivity contribution in [3.63, 3.8) is 0 Å². The average molecular weight is 379 g/mol. The van der Waals surface area contributed by atoms with Crippen molar-refractivity contribution >= 4 is 11.0 Å². The number of fused-ring (bicyclic) bond motifs is 1. The van der Waals surface area contributed by atoms with Gasteiger partial charge in [0, 0.05) is 37.4 Å². The average Bonchev–Trinajstić information content (AvgIpc) is 3.24. The first-order valence-electron chi connectivity index (χ1n) is 9.70. The van der Waals surface area contributed by atoms with Gasteiger partial charge in [-0.15, -0.1) is 0 Å². The Balaban J connectivity index is 1.61. The molecule has 2 heterocycles. The molecule has 28 heavy (non-hydrogen) atoms. The molecule has 5 nitrogen and oxygen atoms in total. The van der Waals surface area contributed by atoms with Crippen LogP contribution in [0.25, 0.3) is 11.0 Å². The number of para-hydroxylation sites is 2. The highest BCUT2D eigenvalue weighted by atomic mass is 16.5. The van der Waals surface area contributed by atoms with Crippen LogP contribution in [-0.4, -0.2) is 31.3 Å². The molecule has 1 atom stereocenters. The Morgan fingerprint density at radius 1 is 1.07 bits per heavy atom. The van der Waals surface area contributed by atoms with E-state index in [9.17, 15) is 4.79 Å². The van der Waals surface area contributed by atoms with Crippen LogP contribution in [0.2, 0.25) is 0 Å². The lowest BCUT2D eigenvalue weighted by Crippen LogP contribution is -2.33. The Kier molecular flexibility index (Phi) is 5.74. The van der Waals surface area contributed by atoms with Gasteiger partial charge in [-0.3, -0.25) is 9.69 Å². The van der Waals surface area contributed by atoms with E-state index in [2.05, 4.69) is 11.0 Å². The van der Waals surface area contributed by atoms with Crippen LogP contribution in [0, 0.1) is 0 Å². The molecule has 1 saturated heterocycles. The third kappa shape index (κ3) is 4.11. The van der Waals surface area contributed by atoms with E-state index >= 15 is 0 Å². The molecule has 0 N–H and O–H groups in total. The summed E-state index contributed by atoms with van der Waals surface area (Å²) in [7, 11) is 1.68. The van der Waals surface area contributed by atoms with Gasteiger partial charge in [-0.25, -0.2) is 0 Å². The minimum absolute atomic E-state index is 0.0271. The van der Waals surface area contributed by atoms with Crippen molar-refractivity contribution in [1.82, 2.24) is 4.90 Å². The number of rotatable bonds is 7. The summed E-state index contributed by atoms with van der Waals surface area (Å²) in [6, 6.07) is 15.4. The van der Waals surface area contributed by atoms with Gasteiger partial charge in [-0.1, -0.05) is 30.3 Å².